The molecule has 0 saturated heterocycles. The number of halogens is 1. The minimum absolute atomic E-state index is 0.0813. The van der Waals surface area contributed by atoms with E-state index in [0.717, 1.165) is 22.3 Å². The third-order valence-electron chi connectivity index (χ3n) is 1.97. The zero-order chi connectivity index (χ0) is 11.1. The molecule has 15 heavy (non-hydrogen) atoms. The first-order valence-corrected chi connectivity index (χ1v) is 7.22. The second-order valence-corrected chi connectivity index (χ2v) is 4.63. The predicted molar refractivity (Wildman–Crippen MR) is 70.7 cm³/mol. The molecule has 82 valence electrons. The summed E-state index contributed by atoms with van der Waals surface area (Å²) in [4.78, 5) is 11.5. The topological polar surface area (TPSA) is 29.1 Å². The maximum Gasteiger partial charge on any atom is 0.225 e. The molecule has 0 aliphatic carbocycles. The zero-order valence-corrected chi connectivity index (χ0v) is 11.0. The van der Waals surface area contributed by atoms with Crippen molar-refractivity contribution in [3.8, 4) is 0 Å². The molecule has 0 radical (unpaired) electrons. The van der Waals surface area contributed by atoms with E-state index >= 15 is 0 Å². The van der Waals surface area contributed by atoms with E-state index in [4.69, 9.17) is 0 Å². The van der Waals surface area contributed by atoms with Crippen LogP contribution in [0.5, 0.6) is 0 Å². The van der Waals surface area contributed by atoms with Gasteiger partial charge in [-0.1, -0.05) is 34.1 Å². The van der Waals surface area contributed by atoms with Gasteiger partial charge >= 0.3 is 0 Å². The first-order valence-electron chi connectivity index (χ1n) is 4.70. The summed E-state index contributed by atoms with van der Waals surface area (Å²) in [5, 5.41) is 3.67. The van der Waals surface area contributed by atoms with Crippen LogP contribution in [0.15, 0.2) is 24.3 Å². The number of hydrogen-bond acceptors (Lipinski definition) is 2. The Morgan fingerprint density at radius 2 is 2.20 bits per heavy atom. The maximum atomic E-state index is 11.5. The van der Waals surface area contributed by atoms with Gasteiger partial charge in [-0.3, -0.25) is 4.79 Å². The molecule has 1 aromatic carbocycles. The monoisotopic (exact) mass is 287 g/mol. The molecular formula is C11H14BrNOS. The summed E-state index contributed by atoms with van der Waals surface area (Å²) >= 11 is 5.08. The van der Waals surface area contributed by atoms with Gasteiger partial charge in [0, 0.05) is 23.2 Å². The molecule has 0 saturated carbocycles. The molecule has 0 aliphatic heterocycles. The summed E-state index contributed by atoms with van der Waals surface area (Å²) in [5.74, 6) is 0.945. The normalized spacial score (nSPS) is 10.0. The predicted octanol–water partition coefficient (Wildman–Crippen LogP) is 3.27. The van der Waals surface area contributed by atoms with Crippen LogP contribution in [0, 0.1) is 0 Å². The highest BCUT2D eigenvalue weighted by Gasteiger charge is 2.04. The van der Waals surface area contributed by atoms with Crippen molar-refractivity contribution in [3.05, 3.63) is 29.8 Å². The van der Waals surface area contributed by atoms with E-state index in [0.29, 0.717) is 6.42 Å². The minimum atomic E-state index is 0.0813. The fourth-order valence-corrected chi connectivity index (χ4v) is 2.04. The summed E-state index contributed by atoms with van der Waals surface area (Å²) in [5.41, 5.74) is 2.01. The average Bonchev–Trinajstić information content (AvgIpc) is 2.27. The number of thioether (sulfide) groups is 1. The number of rotatable bonds is 5. The number of amides is 1. The van der Waals surface area contributed by atoms with Crippen LogP contribution in [0.3, 0.4) is 0 Å². The van der Waals surface area contributed by atoms with E-state index in [1.165, 1.54) is 0 Å². The molecule has 1 amide bonds. The van der Waals surface area contributed by atoms with Gasteiger partial charge < -0.3 is 5.32 Å². The number of nitrogens with one attached hydrogen (secondary N) is 1. The van der Waals surface area contributed by atoms with E-state index < -0.39 is 0 Å². The van der Waals surface area contributed by atoms with Crippen molar-refractivity contribution in [2.45, 2.75) is 11.8 Å². The highest BCUT2D eigenvalue weighted by Crippen LogP contribution is 2.18. The summed E-state index contributed by atoms with van der Waals surface area (Å²) in [6, 6.07) is 7.82. The van der Waals surface area contributed by atoms with Crippen LogP contribution in [-0.2, 0) is 10.1 Å². The molecule has 0 unspecified atom stereocenters. The third kappa shape index (κ3) is 4.26. The van der Waals surface area contributed by atoms with Gasteiger partial charge in [0.05, 0.1) is 0 Å². The second-order valence-electron chi connectivity index (χ2n) is 3.08. The molecule has 1 aromatic rings. The maximum absolute atomic E-state index is 11.5. The fraction of sp³-hybridized carbons (Fsp3) is 0.364. The largest absolute Gasteiger partial charge is 0.326 e. The Balaban J connectivity index is 2.59. The van der Waals surface area contributed by atoms with E-state index in [-0.39, 0.29) is 5.91 Å². The van der Waals surface area contributed by atoms with E-state index in [9.17, 15) is 4.79 Å². The lowest BCUT2D eigenvalue weighted by atomic mass is 10.2. The molecular weight excluding hydrogens is 274 g/mol. The SMILES string of the molecule is CSCCC(=O)Nc1ccccc1CBr. The highest BCUT2D eigenvalue weighted by molar-refractivity contribution is 9.08. The molecule has 0 atom stereocenters. The minimum Gasteiger partial charge on any atom is -0.326 e. The van der Waals surface area contributed by atoms with Crippen LogP contribution >= 0.6 is 27.7 Å². The van der Waals surface area contributed by atoms with E-state index in [1.807, 2.05) is 30.5 Å². The Bertz CT molecular complexity index is 330. The van der Waals surface area contributed by atoms with Gasteiger partial charge in [0.25, 0.3) is 0 Å². The summed E-state index contributed by atoms with van der Waals surface area (Å²) < 4.78 is 0. The molecule has 0 bridgehead atoms. The molecule has 1 N–H and O–H groups in total. The van der Waals surface area contributed by atoms with Gasteiger partial charge in [0.2, 0.25) is 5.91 Å². The Morgan fingerprint density at radius 1 is 1.47 bits per heavy atom. The quantitative estimate of drug-likeness (QED) is 0.842. The summed E-state index contributed by atoms with van der Waals surface area (Å²) in [6.07, 6.45) is 2.57. The number of benzene rings is 1. The number of carbonyl (C=O) groups is 1. The first-order chi connectivity index (χ1) is 7.27. The van der Waals surface area contributed by atoms with Crippen molar-refractivity contribution >= 4 is 39.3 Å². The van der Waals surface area contributed by atoms with Gasteiger partial charge in [-0.2, -0.15) is 11.8 Å². The van der Waals surface area contributed by atoms with Crippen LogP contribution in [-0.4, -0.2) is 17.9 Å². The van der Waals surface area contributed by atoms with Crippen LogP contribution in [0.4, 0.5) is 5.69 Å². The van der Waals surface area contributed by atoms with Gasteiger partial charge in [-0.05, 0) is 17.9 Å². The van der Waals surface area contributed by atoms with Crippen molar-refractivity contribution in [2.24, 2.45) is 0 Å². The third-order valence-corrected chi connectivity index (χ3v) is 3.19. The van der Waals surface area contributed by atoms with Crippen LogP contribution in [0.1, 0.15) is 12.0 Å². The fourth-order valence-electron chi connectivity index (χ4n) is 1.17. The lowest BCUT2D eigenvalue weighted by Crippen LogP contribution is -2.13. The molecule has 0 heterocycles. The van der Waals surface area contributed by atoms with Crippen molar-refractivity contribution in [1.82, 2.24) is 0 Å². The van der Waals surface area contributed by atoms with Crippen molar-refractivity contribution in [3.63, 3.8) is 0 Å². The molecule has 2 nitrogen and oxygen atoms in total. The van der Waals surface area contributed by atoms with Gasteiger partial charge in [0.15, 0.2) is 0 Å². The standard InChI is InChI=1S/C11H14BrNOS/c1-15-7-6-11(14)13-10-5-3-2-4-9(10)8-12/h2-5H,6-8H2,1H3,(H,13,14). The molecule has 0 fully saturated rings. The number of para-hydroxylation sites is 1. The molecule has 4 heteroatoms. The smallest absolute Gasteiger partial charge is 0.225 e. The lowest BCUT2D eigenvalue weighted by molar-refractivity contribution is -0.115. The first kappa shape index (κ1) is 12.6. The van der Waals surface area contributed by atoms with E-state index in [1.54, 1.807) is 11.8 Å². The second kappa shape index (κ2) is 6.90. The van der Waals surface area contributed by atoms with Gasteiger partial charge in [0.1, 0.15) is 0 Å². The molecule has 1 rings (SSSR count). The molecule has 0 spiro atoms. The Kier molecular flexibility index (Phi) is 5.79. The Hall–Kier alpha value is -0.480. The van der Waals surface area contributed by atoms with E-state index in [2.05, 4.69) is 21.2 Å². The van der Waals surface area contributed by atoms with Crippen LogP contribution < -0.4 is 5.32 Å². The van der Waals surface area contributed by atoms with Gasteiger partial charge in [-0.25, -0.2) is 0 Å². The number of carbonyl (C=O) groups excluding carboxylic acids is 1. The summed E-state index contributed by atoms with van der Waals surface area (Å²) in [6.45, 7) is 0. The Labute approximate surface area is 103 Å². The summed E-state index contributed by atoms with van der Waals surface area (Å²) in [7, 11) is 0. The van der Waals surface area contributed by atoms with Crippen molar-refractivity contribution in [1.29, 1.82) is 0 Å². The van der Waals surface area contributed by atoms with Crippen molar-refractivity contribution < 1.29 is 4.79 Å². The zero-order valence-electron chi connectivity index (χ0n) is 8.63. The lowest BCUT2D eigenvalue weighted by Gasteiger charge is -2.08. The van der Waals surface area contributed by atoms with Crippen LogP contribution in [0.25, 0.3) is 0 Å². The number of hydrogen-bond donors (Lipinski definition) is 1. The molecule has 0 aromatic heterocycles. The Morgan fingerprint density at radius 3 is 2.87 bits per heavy atom. The number of anilines is 1. The average molecular weight is 288 g/mol. The molecule has 0 aliphatic rings. The van der Waals surface area contributed by atoms with Gasteiger partial charge in [-0.15, -0.1) is 0 Å². The van der Waals surface area contributed by atoms with Crippen LogP contribution in [0.2, 0.25) is 0 Å². The van der Waals surface area contributed by atoms with Crippen molar-refractivity contribution in [2.75, 3.05) is 17.3 Å². The highest BCUT2D eigenvalue weighted by atomic mass is 79.9. The number of alkyl halides is 1.